The van der Waals surface area contributed by atoms with Crippen molar-refractivity contribution in [3.05, 3.63) is 24.6 Å². The first kappa shape index (κ1) is 8.04. The first-order valence-electron chi connectivity index (χ1n) is 4.24. The maximum absolute atomic E-state index is 5.22. The fourth-order valence-corrected chi connectivity index (χ4v) is 1.09. The molecule has 0 atom stereocenters. The molecule has 0 bridgehead atoms. The number of rotatable bonds is 3. The molecule has 0 saturated heterocycles. The molecule has 2 aromatic rings. The Hall–Kier alpha value is -1.58. The average Bonchev–Trinajstić information content (AvgIpc) is 2.70. The highest BCUT2D eigenvalue weighted by atomic mass is 16.4. The molecule has 0 N–H and O–H groups in total. The van der Waals surface area contributed by atoms with Crippen LogP contribution in [0.3, 0.4) is 0 Å². The van der Waals surface area contributed by atoms with Crippen LogP contribution >= 0.6 is 0 Å². The summed E-state index contributed by atoms with van der Waals surface area (Å²) in [6, 6.07) is 0. The topological polar surface area (TPSA) is 52.1 Å². The van der Waals surface area contributed by atoms with Crippen LogP contribution in [0.25, 0.3) is 11.6 Å². The first-order chi connectivity index (χ1) is 6.40. The van der Waals surface area contributed by atoms with Gasteiger partial charge in [0.15, 0.2) is 11.6 Å². The Labute approximate surface area is 75.6 Å². The third-order valence-electron chi connectivity index (χ3n) is 1.67. The molecule has 2 rings (SSSR count). The number of hydrogen-bond acceptors (Lipinski definition) is 4. The van der Waals surface area contributed by atoms with E-state index in [1.807, 2.05) is 0 Å². The lowest BCUT2D eigenvalue weighted by molar-refractivity contribution is 0.491. The minimum atomic E-state index is 0.506. The summed E-state index contributed by atoms with van der Waals surface area (Å²) in [5.74, 6) is 1.24. The highest BCUT2D eigenvalue weighted by Crippen LogP contribution is 2.16. The van der Waals surface area contributed by atoms with E-state index in [1.54, 1.807) is 12.5 Å². The molecule has 0 aliphatic rings. The van der Waals surface area contributed by atoms with Crippen molar-refractivity contribution in [1.29, 1.82) is 0 Å². The van der Waals surface area contributed by atoms with E-state index in [0.717, 1.165) is 18.7 Å². The zero-order valence-electron chi connectivity index (χ0n) is 7.36. The molecule has 2 heterocycles. The Kier molecular flexibility index (Phi) is 2.12. The maximum Gasteiger partial charge on any atom is 0.248 e. The Morgan fingerprint density at radius 1 is 1.38 bits per heavy atom. The maximum atomic E-state index is 5.22. The minimum Gasteiger partial charge on any atom is -0.448 e. The fourth-order valence-electron chi connectivity index (χ4n) is 1.09. The van der Waals surface area contributed by atoms with E-state index in [9.17, 15) is 0 Å². The standard InChI is InChI=1S/C9H10N2O2/c1-2-3-8-11-7(6-13-8)9-10-4-5-12-9/h4-6H,2-3H2,1H3. The van der Waals surface area contributed by atoms with Crippen LogP contribution in [-0.4, -0.2) is 9.97 Å². The molecule has 0 aliphatic heterocycles. The number of oxazole rings is 2. The van der Waals surface area contributed by atoms with Gasteiger partial charge < -0.3 is 8.83 Å². The molecule has 0 aromatic carbocycles. The monoisotopic (exact) mass is 178 g/mol. The smallest absolute Gasteiger partial charge is 0.248 e. The van der Waals surface area contributed by atoms with E-state index in [2.05, 4.69) is 16.9 Å². The zero-order valence-corrected chi connectivity index (χ0v) is 7.36. The third-order valence-corrected chi connectivity index (χ3v) is 1.67. The summed E-state index contributed by atoms with van der Waals surface area (Å²) >= 11 is 0. The van der Waals surface area contributed by atoms with E-state index in [4.69, 9.17) is 8.83 Å². The Bertz CT molecular complexity index is 365. The summed E-state index contributed by atoms with van der Waals surface area (Å²) in [6.45, 7) is 2.08. The van der Waals surface area contributed by atoms with Crippen LogP contribution in [0.1, 0.15) is 19.2 Å². The van der Waals surface area contributed by atoms with Crippen molar-refractivity contribution in [3.63, 3.8) is 0 Å². The highest BCUT2D eigenvalue weighted by Gasteiger charge is 2.08. The molecule has 0 radical (unpaired) electrons. The molecule has 0 saturated carbocycles. The predicted octanol–water partition coefficient (Wildman–Crippen LogP) is 2.28. The van der Waals surface area contributed by atoms with Gasteiger partial charge in [0.05, 0.1) is 6.20 Å². The number of aromatic nitrogens is 2. The molecule has 0 spiro atoms. The van der Waals surface area contributed by atoms with Gasteiger partial charge in [0.25, 0.3) is 0 Å². The normalized spacial score (nSPS) is 10.5. The molecule has 68 valence electrons. The van der Waals surface area contributed by atoms with Gasteiger partial charge in [-0.25, -0.2) is 9.97 Å². The van der Waals surface area contributed by atoms with Crippen LogP contribution in [-0.2, 0) is 6.42 Å². The van der Waals surface area contributed by atoms with E-state index >= 15 is 0 Å². The van der Waals surface area contributed by atoms with Crippen LogP contribution in [0.15, 0.2) is 27.6 Å². The van der Waals surface area contributed by atoms with E-state index in [0.29, 0.717) is 11.6 Å². The predicted molar refractivity (Wildman–Crippen MR) is 46.0 cm³/mol. The van der Waals surface area contributed by atoms with Crippen LogP contribution < -0.4 is 0 Å². The molecule has 0 unspecified atom stereocenters. The molecular weight excluding hydrogens is 168 g/mol. The minimum absolute atomic E-state index is 0.506. The van der Waals surface area contributed by atoms with Crippen LogP contribution in [0.2, 0.25) is 0 Å². The lowest BCUT2D eigenvalue weighted by atomic mass is 10.3. The molecular formula is C9H10N2O2. The summed E-state index contributed by atoms with van der Waals surface area (Å²) in [5.41, 5.74) is 0.661. The van der Waals surface area contributed by atoms with E-state index in [-0.39, 0.29) is 0 Å². The molecule has 0 fully saturated rings. The SMILES string of the molecule is CCCc1nc(-c2ncco2)co1. The Balaban J connectivity index is 2.23. The summed E-state index contributed by atoms with van der Waals surface area (Å²) in [7, 11) is 0. The van der Waals surface area contributed by atoms with E-state index < -0.39 is 0 Å². The quantitative estimate of drug-likeness (QED) is 0.723. The van der Waals surface area contributed by atoms with Gasteiger partial charge in [0.2, 0.25) is 5.89 Å². The van der Waals surface area contributed by atoms with Gasteiger partial charge in [0.1, 0.15) is 12.5 Å². The number of aryl methyl sites for hydroxylation is 1. The summed E-state index contributed by atoms with van der Waals surface area (Å²) in [6.07, 6.45) is 6.54. The van der Waals surface area contributed by atoms with Crippen molar-refractivity contribution >= 4 is 0 Å². The fraction of sp³-hybridized carbons (Fsp3) is 0.333. The molecule has 4 nitrogen and oxygen atoms in total. The van der Waals surface area contributed by atoms with Gasteiger partial charge in [-0.05, 0) is 6.42 Å². The van der Waals surface area contributed by atoms with Crippen molar-refractivity contribution in [1.82, 2.24) is 9.97 Å². The van der Waals surface area contributed by atoms with Crippen LogP contribution in [0.4, 0.5) is 0 Å². The number of nitrogens with zero attached hydrogens (tertiary/aromatic N) is 2. The highest BCUT2D eigenvalue weighted by molar-refractivity contribution is 5.43. The average molecular weight is 178 g/mol. The van der Waals surface area contributed by atoms with Crippen molar-refractivity contribution in [2.75, 3.05) is 0 Å². The Morgan fingerprint density at radius 3 is 3.00 bits per heavy atom. The van der Waals surface area contributed by atoms with Crippen molar-refractivity contribution in [2.24, 2.45) is 0 Å². The van der Waals surface area contributed by atoms with Crippen LogP contribution in [0.5, 0.6) is 0 Å². The van der Waals surface area contributed by atoms with Gasteiger partial charge in [0, 0.05) is 6.42 Å². The van der Waals surface area contributed by atoms with Gasteiger partial charge in [-0.2, -0.15) is 0 Å². The lowest BCUT2D eigenvalue weighted by Crippen LogP contribution is -1.82. The number of hydrogen-bond donors (Lipinski definition) is 0. The summed E-state index contributed by atoms with van der Waals surface area (Å²) < 4.78 is 10.3. The van der Waals surface area contributed by atoms with Crippen LogP contribution in [0, 0.1) is 0 Å². The molecule has 0 aliphatic carbocycles. The largest absolute Gasteiger partial charge is 0.448 e. The second-order valence-electron chi connectivity index (χ2n) is 2.71. The molecule has 0 amide bonds. The van der Waals surface area contributed by atoms with Crippen molar-refractivity contribution < 1.29 is 8.83 Å². The second kappa shape index (κ2) is 3.43. The Morgan fingerprint density at radius 2 is 2.31 bits per heavy atom. The van der Waals surface area contributed by atoms with Gasteiger partial charge in [-0.1, -0.05) is 6.92 Å². The molecule has 13 heavy (non-hydrogen) atoms. The summed E-state index contributed by atoms with van der Waals surface area (Å²) in [5, 5.41) is 0. The van der Waals surface area contributed by atoms with Gasteiger partial charge >= 0.3 is 0 Å². The first-order valence-corrected chi connectivity index (χ1v) is 4.24. The van der Waals surface area contributed by atoms with Crippen molar-refractivity contribution in [2.45, 2.75) is 19.8 Å². The molecule has 2 aromatic heterocycles. The van der Waals surface area contributed by atoms with Gasteiger partial charge in [-0.3, -0.25) is 0 Å². The molecule has 4 heteroatoms. The zero-order chi connectivity index (χ0) is 9.10. The third kappa shape index (κ3) is 1.61. The summed E-state index contributed by atoms with van der Waals surface area (Å²) in [4.78, 5) is 8.19. The van der Waals surface area contributed by atoms with Crippen molar-refractivity contribution in [3.8, 4) is 11.6 Å². The lowest BCUT2D eigenvalue weighted by Gasteiger charge is -1.85. The van der Waals surface area contributed by atoms with Gasteiger partial charge in [-0.15, -0.1) is 0 Å². The second-order valence-corrected chi connectivity index (χ2v) is 2.71. The van der Waals surface area contributed by atoms with E-state index in [1.165, 1.54) is 6.26 Å².